The van der Waals surface area contributed by atoms with E-state index in [9.17, 15) is 0 Å². The van der Waals surface area contributed by atoms with E-state index in [1.165, 1.54) is 22.3 Å². The molecule has 1 aromatic heterocycles. The first kappa shape index (κ1) is 11.7. The molecule has 0 radical (unpaired) electrons. The van der Waals surface area contributed by atoms with Crippen molar-refractivity contribution < 1.29 is 4.57 Å². The summed E-state index contributed by atoms with van der Waals surface area (Å²) in [5, 5.41) is 0. The van der Waals surface area contributed by atoms with Crippen LogP contribution in [0.4, 0.5) is 0 Å². The Morgan fingerprint density at radius 1 is 0.579 bits per heavy atom. The number of nitrogens with zero attached hydrogens (tertiary/aromatic N) is 1. The van der Waals surface area contributed by atoms with Gasteiger partial charge in [0.15, 0.2) is 12.4 Å². The van der Waals surface area contributed by atoms with E-state index < -0.39 is 0 Å². The minimum atomic E-state index is 1.24. The lowest BCUT2D eigenvalue weighted by Crippen LogP contribution is -2.27. The second-order valence-electron chi connectivity index (χ2n) is 4.71. The summed E-state index contributed by atoms with van der Waals surface area (Å²) < 4.78 is 2.12. The quantitative estimate of drug-likeness (QED) is 0.605. The summed E-state index contributed by atoms with van der Waals surface area (Å²) in [5.41, 5.74) is 4.97. The van der Waals surface area contributed by atoms with Crippen LogP contribution in [0.25, 0.3) is 22.3 Å². The van der Waals surface area contributed by atoms with Gasteiger partial charge in [-0.15, -0.1) is 0 Å². The van der Waals surface area contributed by atoms with Crippen LogP contribution in [0.5, 0.6) is 0 Å². The van der Waals surface area contributed by atoms with Crippen LogP contribution in [-0.4, -0.2) is 0 Å². The van der Waals surface area contributed by atoms with E-state index in [-0.39, 0.29) is 0 Å². The lowest BCUT2D eigenvalue weighted by atomic mass is 10.0. The molecule has 2 aromatic carbocycles. The van der Waals surface area contributed by atoms with Gasteiger partial charge in [0.25, 0.3) is 0 Å². The van der Waals surface area contributed by atoms with Crippen LogP contribution >= 0.6 is 0 Å². The fraction of sp³-hybridized carbons (Fsp3) is 0.0556. The van der Waals surface area contributed by atoms with Gasteiger partial charge in [-0.2, -0.15) is 0 Å². The molecular weight excluding hydrogens is 230 g/mol. The van der Waals surface area contributed by atoms with Crippen LogP contribution in [0.3, 0.4) is 0 Å². The highest BCUT2D eigenvalue weighted by Crippen LogP contribution is 2.24. The zero-order chi connectivity index (χ0) is 13.1. The number of aromatic nitrogens is 1. The van der Waals surface area contributed by atoms with E-state index in [2.05, 4.69) is 78.6 Å². The normalized spacial score (nSPS) is 10.4. The average molecular weight is 246 g/mol. The van der Waals surface area contributed by atoms with Crippen LogP contribution in [-0.2, 0) is 7.05 Å². The summed E-state index contributed by atoms with van der Waals surface area (Å²) in [5.74, 6) is 0. The SMILES string of the molecule is C[n+]1cc(-c2ccccc2)cc(-c2ccccc2)c1. The third-order valence-corrected chi connectivity index (χ3v) is 3.21. The Morgan fingerprint density at radius 3 is 1.42 bits per heavy atom. The Labute approximate surface area is 113 Å². The number of aryl methyl sites for hydroxylation is 1. The smallest absolute Gasteiger partial charge is 0.176 e. The second kappa shape index (κ2) is 5.07. The summed E-state index contributed by atoms with van der Waals surface area (Å²) in [6.07, 6.45) is 4.31. The molecule has 0 fully saturated rings. The molecule has 0 spiro atoms. The van der Waals surface area contributed by atoms with Gasteiger partial charge in [-0.3, -0.25) is 0 Å². The Kier molecular flexibility index (Phi) is 3.11. The molecule has 3 rings (SSSR count). The van der Waals surface area contributed by atoms with E-state index in [1.807, 2.05) is 12.1 Å². The van der Waals surface area contributed by atoms with Gasteiger partial charge in [-0.1, -0.05) is 60.7 Å². The number of hydrogen-bond acceptors (Lipinski definition) is 0. The van der Waals surface area contributed by atoms with Gasteiger partial charge in [0.05, 0.1) is 0 Å². The van der Waals surface area contributed by atoms with Crippen molar-refractivity contribution in [2.24, 2.45) is 7.05 Å². The molecule has 0 aliphatic carbocycles. The third-order valence-electron chi connectivity index (χ3n) is 3.21. The lowest BCUT2D eigenvalue weighted by Gasteiger charge is -2.04. The van der Waals surface area contributed by atoms with Crippen LogP contribution in [0, 0.1) is 0 Å². The van der Waals surface area contributed by atoms with E-state index >= 15 is 0 Å². The van der Waals surface area contributed by atoms with Crippen molar-refractivity contribution in [2.45, 2.75) is 0 Å². The first-order chi connectivity index (χ1) is 9.33. The van der Waals surface area contributed by atoms with E-state index in [1.54, 1.807) is 0 Å². The fourth-order valence-corrected chi connectivity index (χ4v) is 2.30. The maximum atomic E-state index is 2.24. The summed E-state index contributed by atoms with van der Waals surface area (Å²) in [6.45, 7) is 0. The number of pyridine rings is 1. The Bertz CT molecular complexity index is 615. The molecule has 0 saturated heterocycles. The predicted octanol–water partition coefficient (Wildman–Crippen LogP) is 3.85. The molecule has 0 saturated carbocycles. The maximum Gasteiger partial charge on any atom is 0.176 e. The highest BCUT2D eigenvalue weighted by Gasteiger charge is 2.07. The van der Waals surface area contributed by atoms with Crippen LogP contribution in [0.2, 0.25) is 0 Å². The summed E-state index contributed by atoms with van der Waals surface area (Å²) >= 11 is 0. The van der Waals surface area contributed by atoms with Gasteiger partial charge < -0.3 is 0 Å². The highest BCUT2D eigenvalue weighted by molar-refractivity contribution is 5.70. The Morgan fingerprint density at radius 2 is 1.00 bits per heavy atom. The second-order valence-corrected chi connectivity index (χ2v) is 4.71. The van der Waals surface area contributed by atoms with E-state index in [0.717, 1.165) is 0 Å². The number of hydrogen-bond donors (Lipinski definition) is 0. The first-order valence-electron chi connectivity index (χ1n) is 6.44. The Hall–Kier alpha value is -2.41. The molecule has 0 amide bonds. The number of benzene rings is 2. The molecule has 0 aliphatic heterocycles. The molecule has 3 aromatic rings. The van der Waals surface area contributed by atoms with Gasteiger partial charge in [0.1, 0.15) is 7.05 Å². The van der Waals surface area contributed by atoms with Gasteiger partial charge in [0, 0.05) is 11.1 Å². The van der Waals surface area contributed by atoms with Gasteiger partial charge >= 0.3 is 0 Å². The largest absolute Gasteiger partial charge is 0.207 e. The molecule has 1 heteroatoms. The zero-order valence-electron chi connectivity index (χ0n) is 11.0. The molecule has 19 heavy (non-hydrogen) atoms. The van der Waals surface area contributed by atoms with Crippen molar-refractivity contribution in [2.75, 3.05) is 0 Å². The average Bonchev–Trinajstić information content (AvgIpc) is 2.48. The molecule has 0 N–H and O–H groups in total. The molecule has 0 bridgehead atoms. The Balaban J connectivity index is 2.12. The highest BCUT2D eigenvalue weighted by atomic mass is 14.9. The predicted molar refractivity (Wildman–Crippen MR) is 78.5 cm³/mol. The van der Waals surface area contributed by atoms with Crippen LogP contribution < -0.4 is 4.57 Å². The molecule has 0 unspecified atom stereocenters. The van der Waals surface area contributed by atoms with Gasteiger partial charge in [-0.05, 0) is 17.2 Å². The summed E-state index contributed by atoms with van der Waals surface area (Å²) in [6, 6.07) is 23.2. The standard InChI is InChI=1S/C18H16N/c1-19-13-17(15-8-4-2-5-9-15)12-18(14-19)16-10-6-3-7-11-16/h2-14H,1H3/q+1. The first-order valence-corrected chi connectivity index (χ1v) is 6.44. The maximum absolute atomic E-state index is 2.24. The van der Waals surface area contributed by atoms with E-state index in [0.29, 0.717) is 0 Å². The van der Waals surface area contributed by atoms with Crippen LogP contribution in [0.1, 0.15) is 0 Å². The minimum Gasteiger partial charge on any atom is -0.207 e. The number of rotatable bonds is 2. The zero-order valence-corrected chi connectivity index (χ0v) is 11.0. The van der Waals surface area contributed by atoms with E-state index in [4.69, 9.17) is 0 Å². The summed E-state index contributed by atoms with van der Waals surface area (Å²) in [7, 11) is 2.07. The van der Waals surface area contributed by atoms with Crippen molar-refractivity contribution >= 4 is 0 Å². The molecule has 0 atom stereocenters. The van der Waals surface area contributed by atoms with Crippen molar-refractivity contribution in [3.05, 3.63) is 79.1 Å². The molecule has 0 aliphatic rings. The van der Waals surface area contributed by atoms with Gasteiger partial charge in [-0.25, -0.2) is 4.57 Å². The monoisotopic (exact) mass is 246 g/mol. The van der Waals surface area contributed by atoms with Crippen molar-refractivity contribution in [1.29, 1.82) is 0 Å². The van der Waals surface area contributed by atoms with Crippen molar-refractivity contribution in [3.63, 3.8) is 0 Å². The molecule has 1 nitrogen and oxygen atoms in total. The lowest BCUT2D eigenvalue weighted by molar-refractivity contribution is -0.670. The molecule has 92 valence electrons. The molecule has 1 heterocycles. The van der Waals surface area contributed by atoms with Crippen LogP contribution in [0.15, 0.2) is 79.1 Å². The van der Waals surface area contributed by atoms with Crippen molar-refractivity contribution in [1.82, 2.24) is 0 Å². The minimum absolute atomic E-state index is 1.24. The molecular formula is C18H16N+. The summed E-state index contributed by atoms with van der Waals surface area (Å²) in [4.78, 5) is 0. The van der Waals surface area contributed by atoms with Crippen molar-refractivity contribution in [3.8, 4) is 22.3 Å². The third kappa shape index (κ3) is 2.55. The fourth-order valence-electron chi connectivity index (χ4n) is 2.30. The topological polar surface area (TPSA) is 3.88 Å². The van der Waals surface area contributed by atoms with Gasteiger partial charge in [0.2, 0.25) is 0 Å².